The van der Waals surface area contributed by atoms with Gasteiger partial charge in [-0.2, -0.15) is 5.10 Å². The van der Waals surface area contributed by atoms with Crippen LogP contribution in [0.25, 0.3) is 22.2 Å². The van der Waals surface area contributed by atoms with E-state index in [9.17, 15) is 4.79 Å². The summed E-state index contributed by atoms with van der Waals surface area (Å²) >= 11 is 1.13. The summed E-state index contributed by atoms with van der Waals surface area (Å²) in [4.78, 5) is 17.7. The van der Waals surface area contributed by atoms with Gasteiger partial charge in [0.2, 0.25) is 6.79 Å². The van der Waals surface area contributed by atoms with Crippen LogP contribution in [0.1, 0.15) is 9.67 Å². The Kier molecular flexibility index (Phi) is 4.77. The molecule has 0 unspecified atom stereocenters. The second kappa shape index (κ2) is 7.73. The van der Waals surface area contributed by atoms with E-state index in [1.165, 1.54) is 0 Å². The van der Waals surface area contributed by atoms with Crippen molar-refractivity contribution >= 4 is 34.3 Å². The largest absolute Gasteiger partial charge is 0.454 e. The van der Waals surface area contributed by atoms with Crippen LogP contribution in [0.3, 0.4) is 0 Å². The van der Waals surface area contributed by atoms with Gasteiger partial charge in [-0.05, 0) is 41.4 Å². The number of aromatic nitrogens is 4. The van der Waals surface area contributed by atoms with Gasteiger partial charge < -0.3 is 19.5 Å². The molecule has 1 amide bonds. The number of anilines is 1. The molecule has 0 radical (unpaired) electrons. The molecule has 4 heterocycles. The maximum absolute atomic E-state index is 12.6. The first kappa shape index (κ1) is 18.5. The number of pyridine rings is 1. The van der Waals surface area contributed by atoms with E-state index < -0.39 is 0 Å². The number of nitrogens with zero attached hydrogens (tertiary/aromatic N) is 4. The number of carbonyl (C=O) groups is 1. The lowest BCUT2D eigenvalue weighted by Gasteiger charge is -2.05. The number of hydrogen-bond donors (Lipinski definition) is 1. The summed E-state index contributed by atoms with van der Waals surface area (Å²) in [5.74, 6) is 1.60. The Labute approximate surface area is 175 Å². The van der Waals surface area contributed by atoms with Gasteiger partial charge in [0.15, 0.2) is 23.0 Å². The van der Waals surface area contributed by atoms with Crippen molar-refractivity contribution in [3.8, 4) is 22.6 Å². The zero-order valence-electron chi connectivity index (χ0n) is 16.0. The first-order valence-corrected chi connectivity index (χ1v) is 9.98. The minimum atomic E-state index is -0.260. The molecule has 30 heavy (non-hydrogen) atoms. The number of benzene rings is 1. The maximum atomic E-state index is 12.6. The van der Waals surface area contributed by atoms with E-state index in [1.807, 2.05) is 24.3 Å². The predicted molar refractivity (Wildman–Crippen MR) is 111 cm³/mol. The molecule has 152 valence electrons. The number of methoxy groups -OCH3 is 1. The lowest BCUT2D eigenvalue weighted by atomic mass is 10.1. The summed E-state index contributed by atoms with van der Waals surface area (Å²) in [7, 11) is 1.63. The van der Waals surface area contributed by atoms with Crippen LogP contribution in [-0.2, 0) is 11.3 Å². The van der Waals surface area contributed by atoms with Crippen molar-refractivity contribution in [1.29, 1.82) is 0 Å². The fraction of sp³-hybridized carbons (Fsp3) is 0.200. The fourth-order valence-corrected chi connectivity index (χ4v) is 3.71. The van der Waals surface area contributed by atoms with Gasteiger partial charge in [-0.3, -0.25) is 4.79 Å². The Morgan fingerprint density at radius 2 is 2.13 bits per heavy atom. The van der Waals surface area contributed by atoms with Crippen molar-refractivity contribution in [1.82, 2.24) is 19.1 Å². The molecule has 0 bridgehead atoms. The van der Waals surface area contributed by atoms with Crippen LogP contribution < -0.4 is 14.8 Å². The number of fused-ring (bicyclic) bond motifs is 2. The molecule has 1 aliphatic rings. The summed E-state index contributed by atoms with van der Waals surface area (Å²) in [6, 6.07) is 9.35. The monoisotopic (exact) mass is 423 g/mol. The normalized spacial score (nSPS) is 12.4. The zero-order valence-corrected chi connectivity index (χ0v) is 16.8. The highest BCUT2D eigenvalue weighted by Crippen LogP contribution is 2.36. The molecule has 0 aliphatic carbocycles. The molecular formula is C20H17N5O4S. The van der Waals surface area contributed by atoms with Crippen molar-refractivity contribution in [2.45, 2.75) is 6.54 Å². The Morgan fingerprint density at radius 1 is 1.23 bits per heavy atom. The van der Waals surface area contributed by atoms with Gasteiger partial charge in [0, 0.05) is 25.1 Å². The number of amides is 1. The van der Waals surface area contributed by atoms with Gasteiger partial charge in [-0.25, -0.2) is 14.0 Å². The van der Waals surface area contributed by atoms with Gasteiger partial charge in [0.05, 0.1) is 18.5 Å². The molecule has 0 saturated heterocycles. The first-order valence-electron chi connectivity index (χ1n) is 9.20. The van der Waals surface area contributed by atoms with E-state index in [2.05, 4.69) is 19.8 Å². The third-order valence-corrected chi connectivity index (χ3v) is 5.44. The van der Waals surface area contributed by atoms with Crippen molar-refractivity contribution in [2.24, 2.45) is 0 Å². The highest BCUT2D eigenvalue weighted by Gasteiger charge is 2.18. The Balaban J connectivity index is 1.55. The quantitative estimate of drug-likeness (QED) is 0.508. The van der Waals surface area contributed by atoms with Crippen LogP contribution >= 0.6 is 11.5 Å². The molecule has 10 heteroatoms. The summed E-state index contributed by atoms with van der Waals surface area (Å²) in [5.41, 5.74) is 2.47. The van der Waals surface area contributed by atoms with E-state index in [4.69, 9.17) is 14.2 Å². The van der Waals surface area contributed by atoms with Crippen LogP contribution in [0.2, 0.25) is 0 Å². The molecule has 9 nitrogen and oxygen atoms in total. The lowest BCUT2D eigenvalue weighted by molar-refractivity contribution is 0.103. The molecule has 0 spiro atoms. The van der Waals surface area contributed by atoms with Crippen LogP contribution in [0, 0.1) is 0 Å². The van der Waals surface area contributed by atoms with E-state index in [0.29, 0.717) is 35.2 Å². The van der Waals surface area contributed by atoms with Crippen molar-refractivity contribution in [3.63, 3.8) is 0 Å². The number of nitrogens with one attached hydrogen (secondary N) is 1. The Bertz CT molecular complexity index is 1220. The summed E-state index contributed by atoms with van der Waals surface area (Å²) in [6.07, 6.45) is 3.37. The summed E-state index contributed by atoms with van der Waals surface area (Å²) in [6.45, 7) is 1.21. The van der Waals surface area contributed by atoms with E-state index in [1.54, 1.807) is 30.3 Å². The third-order valence-electron chi connectivity index (χ3n) is 4.69. The topological polar surface area (TPSA) is 100 Å². The van der Waals surface area contributed by atoms with E-state index >= 15 is 0 Å². The highest BCUT2D eigenvalue weighted by atomic mass is 32.1. The lowest BCUT2D eigenvalue weighted by Crippen LogP contribution is -2.12. The summed E-state index contributed by atoms with van der Waals surface area (Å²) in [5, 5.41) is 8.16. The average molecular weight is 423 g/mol. The van der Waals surface area contributed by atoms with Crippen LogP contribution in [0.4, 0.5) is 5.82 Å². The van der Waals surface area contributed by atoms with E-state index in [0.717, 1.165) is 33.8 Å². The number of rotatable bonds is 6. The smallest absolute Gasteiger partial charge is 0.268 e. The second-order valence-electron chi connectivity index (χ2n) is 6.56. The van der Waals surface area contributed by atoms with E-state index in [-0.39, 0.29) is 12.7 Å². The summed E-state index contributed by atoms with van der Waals surface area (Å²) < 4.78 is 21.7. The van der Waals surface area contributed by atoms with Crippen molar-refractivity contribution < 1.29 is 19.0 Å². The predicted octanol–water partition coefficient (Wildman–Crippen LogP) is 3.18. The van der Waals surface area contributed by atoms with Crippen LogP contribution in [0.5, 0.6) is 11.5 Å². The Hall–Kier alpha value is -3.50. The first-order chi connectivity index (χ1) is 14.7. The molecule has 0 fully saturated rings. The van der Waals surface area contributed by atoms with Gasteiger partial charge in [-0.15, -0.1) is 0 Å². The standard InChI is InChI=1S/C20H17N5O4S/c1-27-7-6-25-19-14(18(24-25)23-20(26)17-4-5-22-30-17)8-13(10-21-19)12-2-3-15-16(9-12)29-11-28-15/h2-5,8-10H,6-7,11H2,1H3,(H,23,24,26). The van der Waals surface area contributed by atoms with Gasteiger partial charge in [0.25, 0.3) is 5.91 Å². The van der Waals surface area contributed by atoms with Gasteiger partial charge >= 0.3 is 0 Å². The SMILES string of the molecule is COCCn1nc(NC(=O)c2ccns2)c2cc(-c3ccc4c(c3)OCO4)cnc21. The van der Waals surface area contributed by atoms with Crippen LogP contribution in [-0.4, -0.2) is 45.6 Å². The molecule has 5 rings (SSSR count). The van der Waals surface area contributed by atoms with Crippen molar-refractivity contribution in [3.05, 3.63) is 47.6 Å². The average Bonchev–Trinajstić information content (AvgIpc) is 3.52. The second-order valence-corrected chi connectivity index (χ2v) is 7.39. The van der Waals surface area contributed by atoms with Gasteiger partial charge in [-0.1, -0.05) is 6.07 Å². The third kappa shape index (κ3) is 3.36. The highest BCUT2D eigenvalue weighted by molar-refractivity contribution is 7.08. The Morgan fingerprint density at radius 3 is 2.97 bits per heavy atom. The molecule has 0 atom stereocenters. The minimum Gasteiger partial charge on any atom is -0.454 e. The molecular weight excluding hydrogens is 406 g/mol. The zero-order chi connectivity index (χ0) is 20.5. The molecule has 1 aliphatic heterocycles. The van der Waals surface area contributed by atoms with Gasteiger partial charge in [0.1, 0.15) is 4.88 Å². The number of carbonyl (C=O) groups excluding carboxylic acids is 1. The number of ether oxygens (including phenoxy) is 3. The fourth-order valence-electron chi connectivity index (χ4n) is 3.22. The van der Waals surface area contributed by atoms with Crippen LogP contribution in [0.15, 0.2) is 42.7 Å². The molecule has 3 aromatic heterocycles. The molecule has 1 aromatic carbocycles. The molecule has 1 N–H and O–H groups in total. The molecule has 4 aromatic rings. The minimum absolute atomic E-state index is 0.218. The number of hydrogen-bond acceptors (Lipinski definition) is 8. The van der Waals surface area contributed by atoms with Crippen molar-refractivity contribution in [2.75, 3.05) is 25.8 Å². The molecule has 0 saturated carbocycles. The maximum Gasteiger partial charge on any atom is 0.268 e.